The summed E-state index contributed by atoms with van der Waals surface area (Å²) in [5.41, 5.74) is 6.94. The van der Waals surface area contributed by atoms with Crippen molar-refractivity contribution < 1.29 is 13.6 Å². The third-order valence-corrected chi connectivity index (χ3v) is 3.12. The average Bonchev–Trinajstić information content (AvgIpc) is 2.98. The molecule has 2 rings (SSSR count). The van der Waals surface area contributed by atoms with Crippen LogP contribution in [0.4, 0.5) is 4.39 Å². The van der Waals surface area contributed by atoms with Gasteiger partial charge in [0.05, 0.1) is 6.04 Å². The molecule has 0 fully saturated rings. The molecule has 1 heterocycles. The maximum atomic E-state index is 12.8. The maximum Gasteiger partial charge on any atom is 0.273 e. The van der Waals surface area contributed by atoms with Crippen molar-refractivity contribution in [3.05, 3.63) is 53.5 Å². The lowest BCUT2D eigenvalue weighted by Gasteiger charge is -2.03. The van der Waals surface area contributed by atoms with Gasteiger partial charge >= 0.3 is 0 Å². The van der Waals surface area contributed by atoms with E-state index in [-0.39, 0.29) is 23.5 Å². The highest BCUT2D eigenvalue weighted by molar-refractivity contribution is 5.91. The lowest BCUT2D eigenvalue weighted by molar-refractivity contribution is 0.0949. The van der Waals surface area contributed by atoms with Crippen molar-refractivity contribution in [2.24, 2.45) is 5.73 Å². The van der Waals surface area contributed by atoms with Crippen molar-refractivity contribution in [1.29, 1.82) is 0 Å². The van der Waals surface area contributed by atoms with E-state index in [1.165, 1.54) is 18.4 Å². The first-order chi connectivity index (χ1) is 10.1. The Morgan fingerprint density at radius 3 is 2.81 bits per heavy atom. The number of benzene rings is 1. The standard InChI is InChI=1S/C15H18FN3O2/c1-2-12(17)15-19-13(9-21-15)14(20)18-8-7-10-3-5-11(16)6-4-10/h3-6,9,12H,2,7-8,17H2,1H3,(H,18,20). The van der Waals surface area contributed by atoms with Crippen LogP contribution in [0, 0.1) is 5.82 Å². The first-order valence-electron chi connectivity index (χ1n) is 6.83. The fourth-order valence-electron chi connectivity index (χ4n) is 1.80. The summed E-state index contributed by atoms with van der Waals surface area (Å²) in [7, 11) is 0. The van der Waals surface area contributed by atoms with E-state index in [4.69, 9.17) is 10.2 Å². The largest absolute Gasteiger partial charge is 0.446 e. The van der Waals surface area contributed by atoms with E-state index in [9.17, 15) is 9.18 Å². The Morgan fingerprint density at radius 1 is 1.43 bits per heavy atom. The summed E-state index contributed by atoms with van der Waals surface area (Å²) in [4.78, 5) is 15.9. The predicted octanol–water partition coefficient (Wildman–Crippen LogP) is 2.20. The number of hydrogen-bond donors (Lipinski definition) is 2. The lowest BCUT2D eigenvalue weighted by Crippen LogP contribution is -2.26. The Morgan fingerprint density at radius 2 is 2.14 bits per heavy atom. The van der Waals surface area contributed by atoms with E-state index in [1.807, 2.05) is 6.92 Å². The monoisotopic (exact) mass is 291 g/mol. The van der Waals surface area contributed by atoms with Crippen LogP contribution in [0.2, 0.25) is 0 Å². The summed E-state index contributed by atoms with van der Waals surface area (Å²) in [6.07, 6.45) is 2.61. The Kier molecular flexibility index (Phi) is 5.05. The van der Waals surface area contributed by atoms with Gasteiger partial charge in [0.15, 0.2) is 5.69 Å². The number of nitrogens with two attached hydrogens (primary N) is 1. The number of halogens is 1. The molecule has 1 aromatic heterocycles. The van der Waals surface area contributed by atoms with Gasteiger partial charge < -0.3 is 15.5 Å². The Bertz CT molecular complexity index is 595. The first kappa shape index (κ1) is 15.2. The van der Waals surface area contributed by atoms with Crippen LogP contribution in [0.5, 0.6) is 0 Å². The molecule has 0 saturated carbocycles. The summed E-state index contributed by atoms with van der Waals surface area (Å²) in [5, 5.41) is 2.74. The molecule has 5 nitrogen and oxygen atoms in total. The number of oxazole rings is 1. The van der Waals surface area contributed by atoms with Crippen LogP contribution in [0.3, 0.4) is 0 Å². The van der Waals surface area contributed by atoms with Crippen LogP contribution < -0.4 is 11.1 Å². The van der Waals surface area contributed by atoms with Gasteiger partial charge in [-0.1, -0.05) is 19.1 Å². The molecule has 6 heteroatoms. The second kappa shape index (κ2) is 6.99. The van der Waals surface area contributed by atoms with Crippen molar-refractivity contribution in [2.45, 2.75) is 25.8 Å². The van der Waals surface area contributed by atoms with E-state index >= 15 is 0 Å². The van der Waals surface area contributed by atoms with Gasteiger partial charge in [-0.15, -0.1) is 0 Å². The lowest BCUT2D eigenvalue weighted by atomic mass is 10.1. The van der Waals surface area contributed by atoms with Gasteiger partial charge in [0, 0.05) is 6.54 Å². The molecule has 0 aliphatic heterocycles. The van der Waals surface area contributed by atoms with Crippen molar-refractivity contribution in [2.75, 3.05) is 6.54 Å². The minimum atomic E-state index is -0.310. The number of aromatic nitrogens is 1. The number of hydrogen-bond acceptors (Lipinski definition) is 4. The fourth-order valence-corrected chi connectivity index (χ4v) is 1.80. The van der Waals surface area contributed by atoms with Crippen LogP contribution in [-0.4, -0.2) is 17.4 Å². The molecule has 0 radical (unpaired) electrons. The van der Waals surface area contributed by atoms with Crippen LogP contribution in [-0.2, 0) is 6.42 Å². The van der Waals surface area contributed by atoms with Gasteiger partial charge in [-0.2, -0.15) is 0 Å². The molecule has 21 heavy (non-hydrogen) atoms. The van der Waals surface area contributed by atoms with Crippen molar-refractivity contribution >= 4 is 5.91 Å². The summed E-state index contributed by atoms with van der Waals surface area (Å²) >= 11 is 0. The second-order valence-electron chi connectivity index (χ2n) is 4.72. The van der Waals surface area contributed by atoms with Crippen LogP contribution in [0.15, 0.2) is 34.9 Å². The normalized spacial score (nSPS) is 12.1. The average molecular weight is 291 g/mol. The van der Waals surface area contributed by atoms with E-state index in [0.717, 1.165) is 5.56 Å². The quantitative estimate of drug-likeness (QED) is 0.855. The molecule has 112 valence electrons. The number of rotatable bonds is 6. The first-order valence-corrected chi connectivity index (χ1v) is 6.83. The Labute approximate surface area is 122 Å². The van der Waals surface area contributed by atoms with Crippen LogP contribution in [0.25, 0.3) is 0 Å². The molecule has 0 aliphatic rings. The van der Waals surface area contributed by atoms with Crippen LogP contribution >= 0.6 is 0 Å². The van der Waals surface area contributed by atoms with Crippen molar-refractivity contribution in [1.82, 2.24) is 10.3 Å². The van der Waals surface area contributed by atoms with Gasteiger partial charge in [-0.3, -0.25) is 4.79 Å². The zero-order valence-electron chi connectivity index (χ0n) is 11.8. The van der Waals surface area contributed by atoms with Crippen LogP contribution in [0.1, 0.15) is 41.3 Å². The van der Waals surface area contributed by atoms with Gasteiger partial charge in [-0.25, -0.2) is 9.37 Å². The molecule has 0 bridgehead atoms. The fraction of sp³-hybridized carbons (Fsp3) is 0.333. The SMILES string of the molecule is CCC(N)c1nc(C(=O)NCCc2ccc(F)cc2)co1. The third-order valence-electron chi connectivity index (χ3n) is 3.12. The van der Waals surface area contributed by atoms with Crippen molar-refractivity contribution in [3.63, 3.8) is 0 Å². The van der Waals surface area contributed by atoms with Gasteiger partial charge in [-0.05, 0) is 30.5 Å². The molecule has 1 amide bonds. The van der Waals surface area contributed by atoms with E-state index in [0.29, 0.717) is 25.3 Å². The predicted molar refractivity (Wildman–Crippen MR) is 76.2 cm³/mol. The number of carbonyl (C=O) groups excluding carboxylic acids is 1. The van der Waals surface area contributed by atoms with E-state index in [1.54, 1.807) is 12.1 Å². The summed E-state index contributed by atoms with van der Waals surface area (Å²) in [5.74, 6) is -0.221. The molecule has 1 atom stereocenters. The number of nitrogens with one attached hydrogen (secondary N) is 1. The van der Waals surface area contributed by atoms with E-state index in [2.05, 4.69) is 10.3 Å². The van der Waals surface area contributed by atoms with Crippen molar-refractivity contribution in [3.8, 4) is 0 Å². The zero-order valence-corrected chi connectivity index (χ0v) is 11.8. The second-order valence-corrected chi connectivity index (χ2v) is 4.72. The molecule has 1 unspecified atom stereocenters. The zero-order chi connectivity index (χ0) is 15.2. The summed E-state index contributed by atoms with van der Waals surface area (Å²) < 4.78 is 17.9. The molecular weight excluding hydrogens is 273 g/mol. The minimum Gasteiger partial charge on any atom is -0.446 e. The number of carbonyl (C=O) groups is 1. The molecule has 0 spiro atoms. The molecular formula is C15H18FN3O2. The number of amides is 1. The van der Waals surface area contributed by atoms with Gasteiger partial charge in [0.25, 0.3) is 5.91 Å². The third kappa shape index (κ3) is 4.13. The molecule has 0 saturated heterocycles. The summed E-state index contributed by atoms with van der Waals surface area (Å²) in [6, 6.07) is 5.87. The number of nitrogens with zero attached hydrogens (tertiary/aromatic N) is 1. The molecule has 1 aromatic carbocycles. The van der Waals surface area contributed by atoms with Gasteiger partial charge in [0.2, 0.25) is 5.89 Å². The highest BCUT2D eigenvalue weighted by Gasteiger charge is 2.15. The topological polar surface area (TPSA) is 81.1 Å². The molecule has 0 aliphatic carbocycles. The Balaban J connectivity index is 1.84. The summed E-state index contributed by atoms with van der Waals surface area (Å²) in [6.45, 7) is 2.35. The maximum absolute atomic E-state index is 12.8. The van der Waals surface area contributed by atoms with Gasteiger partial charge in [0.1, 0.15) is 12.1 Å². The smallest absolute Gasteiger partial charge is 0.273 e. The highest BCUT2D eigenvalue weighted by Crippen LogP contribution is 2.12. The Hall–Kier alpha value is -2.21. The minimum absolute atomic E-state index is 0.216. The highest BCUT2D eigenvalue weighted by atomic mass is 19.1. The molecule has 2 aromatic rings. The van der Waals surface area contributed by atoms with E-state index < -0.39 is 0 Å². The molecule has 3 N–H and O–H groups in total.